The van der Waals surface area contributed by atoms with Crippen LogP contribution in [-0.2, 0) is 41.4 Å². The van der Waals surface area contributed by atoms with Crippen molar-refractivity contribution in [2.75, 3.05) is 13.7 Å². The number of Topliss-reactive ketones (excluding diaryl/α,β-unsaturated/α-hetero) is 1. The van der Waals surface area contributed by atoms with Gasteiger partial charge in [0.1, 0.15) is 23.9 Å². The highest BCUT2D eigenvalue weighted by Crippen LogP contribution is 2.68. The van der Waals surface area contributed by atoms with Gasteiger partial charge in [-0.15, -0.1) is 0 Å². The number of rotatable bonds is 8. The van der Waals surface area contributed by atoms with Crippen LogP contribution in [0.2, 0.25) is 0 Å². The lowest BCUT2D eigenvalue weighted by atomic mass is 9.55. The second-order valence-electron chi connectivity index (χ2n) is 13.8. The number of carbonyl (C=O) groups is 2. The van der Waals surface area contributed by atoms with Crippen molar-refractivity contribution in [2.24, 2.45) is 17.8 Å². The molecule has 2 saturated heterocycles. The summed E-state index contributed by atoms with van der Waals surface area (Å²) in [6.07, 6.45) is 4.13. The molecule has 2 heterocycles. The van der Waals surface area contributed by atoms with Crippen LogP contribution in [0.4, 0.5) is 0 Å². The maximum absolute atomic E-state index is 13.8. The average molecular weight is 755 g/mol. The molecule has 8 atom stereocenters. The third-order valence-corrected chi connectivity index (χ3v) is 11.6. The van der Waals surface area contributed by atoms with Gasteiger partial charge in [-0.25, -0.2) is 0 Å². The van der Waals surface area contributed by atoms with Gasteiger partial charge in [-0.3, -0.25) is 9.59 Å². The Hall–Kier alpha value is -3.03. The lowest BCUT2D eigenvalue weighted by Gasteiger charge is -2.59. The summed E-state index contributed by atoms with van der Waals surface area (Å²) in [6.45, 7) is 9.99. The summed E-state index contributed by atoms with van der Waals surface area (Å²) in [5, 5.41) is 22.6. The maximum atomic E-state index is 13.8. The van der Waals surface area contributed by atoms with Gasteiger partial charge < -0.3 is 33.9 Å². The standard InChI is InChI=1S/C37H39IO9/c1-20(2)35-16-22(4)37-26(33(35)45-36(46-35,47-37)18-23-9-7-6-8-10-23)12-25(17-34(42)29(37)11-21(3)32(34)41)19-44-30(39)15-24-13-27(38)31(40)28(14-24)43-5/h6-14,22,26,29,33,40,42H,1,15-19H2,2-5H3/t22-,26+,29+,33+,34+,35+,36+,37+/m1/s1. The number of ether oxygens (including phenoxy) is 5. The second-order valence-corrected chi connectivity index (χ2v) is 15.0. The Kier molecular flexibility index (Phi) is 7.79. The van der Waals surface area contributed by atoms with Crippen molar-refractivity contribution in [3.63, 3.8) is 0 Å². The lowest BCUT2D eigenvalue weighted by Crippen LogP contribution is -2.70. The Balaban J connectivity index is 1.26. The summed E-state index contributed by atoms with van der Waals surface area (Å²) in [5.74, 6) is -3.34. The zero-order valence-corrected chi connectivity index (χ0v) is 29.0. The first kappa shape index (κ1) is 32.5. The molecule has 47 heavy (non-hydrogen) atoms. The predicted molar refractivity (Wildman–Crippen MR) is 179 cm³/mol. The molecule has 2 aromatic carbocycles. The number of aliphatic hydroxyl groups is 1. The van der Waals surface area contributed by atoms with Gasteiger partial charge in [-0.1, -0.05) is 56.0 Å². The monoisotopic (exact) mass is 754 g/mol. The van der Waals surface area contributed by atoms with Crippen LogP contribution in [0.1, 0.15) is 44.7 Å². The number of fused-ring (bicyclic) bond motifs is 2. The molecular weight excluding hydrogens is 715 g/mol. The number of aromatic hydroxyl groups is 1. The highest BCUT2D eigenvalue weighted by molar-refractivity contribution is 14.1. The molecule has 9 nitrogen and oxygen atoms in total. The number of hydrogen-bond donors (Lipinski definition) is 2. The summed E-state index contributed by atoms with van der Waals surface area (Å²) in [7, 11) is 1.45. The minimum atomic E-state index is -1.81. The molecule has 3 fully saturated rings. The van der Waals surface area contributed by atoms with Crippen LogP contribution >= 0.6 is 22.6 Å². The van der Waals surface area contributed by atoms with Crippen LogP contribution < -0.4 is 4.74 Å². The van der Waals surface area contributed by atoms with E-state index in [1.54, 1.807) is 19.1 Å². The molecule has 2 N–H and O–H groups in total. The number of carbonyl (C=O) groups excluding carboxylic acids is 2. The van der Waals surface area contributed by atoms with Gasteiger partial charge in [-0.05, 0) is 88.8 Å². The Morgan fingerprint density at radius 1 is 1.15 bits per heavy atom. The average Bonchev–Trinajstić information content (AvgIpc) is 3.33. The number of phenolic OH excluding ortho intramolecular Hbond substituents is 1. The van der Waals surface area contributed by atoms with E-state index in [0.29, 0.717) is 33.1 Å². The third kappa shape index (κ3) is 4.85. The molecule has 0 unspecified atom stereocenters. The molecule has 5 aliphatic rings. The Morgan fingerprint density at radius 2 is 1.89 bits per heavy atom. The number of phenols is 1. The fraction of sp³-hybridized carbons (Fsp3) is 0.459. The largest absolute Gasteiger partial charge is 0.504 e. The van der Waals surface area contributed by atoms with E-state index in [9.17, 15) is 19.8 Å². The minimum absolute atomic E-state index is 0.00680. The van der Waals surface area contributed by atoms with Crippen LogP contribution in [-0.4, -0.2) is 64.6 Å². The highest BCUT2D eigenvalue weighted by atomic mass is 127. The molecule has 0 aromatic heterocycles. The van der Waals surface area contributed by atoms with E-state index < -0.39 is 46.7 Å². The normalized spacial score (nSPS) is 36.6. The molecule has 3 bridgehead atoms. The molecule has 0 radical (unpaired) electrons. The zero-order chi connectivity index (χ0) is 33.5. The van der Waals surface area contributed by atoms with Crippen molar-refractivity contribution in [3.05, 3.63) is 92.6 Å². The fourth-order valence-electron chi connectivity index (χ4n) is 8.76. The highest BCUT2D eigenvalue weighted by Gasteiger charge is 2.79. The number of ketones is 1. The first-order valence-corrected chi connectivity index (χ1v) is 17.0. The van der Waals surface area contributed by atoms with E-state index in [0.717, 1.165) is 11.1 Å². The summed E-state index contributed by atoms with van der Waals surface area (Å²) < 4.78 is 32.5. The maximum Gasteiger partial charge on any atom is 0.310 e. The van der Waals surface area contributed by atoms with E-state index in [-0.39, 0.29) is 42.6 Å². The summed E-state index contributed by atoms with van der Waals surface area (Å²) in [4.78, 5) is 26.9. The van der Waals surface area contributed by atoms with Gasteiger partial charge >= 0.3 is 5.97 Å². The van der Waals surface area contributed by atoms with Gasteiger partial charge in [0.2, 0.25) is 0 Å². The van der Waals surface area contributed by atoms with Crippen LogP contribution in [0, 0.1) is 21.3 Å². The summed E-state index contributed by atoms with van der Waals surface area (Å²) >= 11 is 1.98. The molecule has 1 saturated carbocycles. The molecule has 0 amide bonds. The smallest absolute Gasteiger partial charge is 0.310 e. The molecule has 248 valence electrons. The summed E-state index contributed by atoms with van der Waals surface area (Å²) in [5.41, 5.74) is -0.244. The number of halogens is 1. The first-order chi connectivity index (χ1) is 22.3. The Morgan fingerprint density at radius 3 is 2.60 bits per heavy atom. The van der Waals surface area contributed by atoms with Crippen molar-refractivity contribution in [2.45, 2.75) is 75.3 Å². The van der Waals surface area contributed by atoms with Crippen molar-refractivity contribution < 1.29 is 43.5 Å². The third-order valence-electron chi connectivity index (χ3n) is 10.8. The van der Waals surface area contributed by atoms with Gasteiger partial charge in [0, 0.05) is 18.3 Å². The molecule has 7 rings (SSSR count). The van der Waals surface area contributed by atoms with Crippen LogP contribution in [0.3, 0.4) is 0 Å². The van der Waals surface area contributed by atoms with E-state index in [4.69, 9.17) is 23.7 Å². The van der Waals surface area contributed by atoms with E-state index in [1.807, 2.05) is 72.0 Å². The lowest BCUT2D eigenvalue weighted by molar-refractivity contribution is -0.421. The van der Waals surface area contributed by atoms with Crippen molar-refractivity contribution >= 4 is 34.3 Å². The Labute approximate surface area is 287 Å². The summed E-state index contributed by atoms with van der Waals surface area (Å²) in [6, 6.07) is 13.1. The molecule has 2 aromatic rings. The number of hydrogen-bond acceptors (Lipinski definition) is 9. The molecule has 10 heteroatoms. The van der Waals surface area contributed by atoms with Crippen molar-refractivity contribution in [1.82, 2.24) is 0 Å². The molecule has 0 spiro atoms. The topological polar surface area (TPSA) is 121 Å². The van der Waals surface area contributed by atoms with Gasteiger partial charge in [0.05, 0.1) is 29.1 Å². The second kappa shape index (κ2) is 11.3. The van der Waals surface area contributed by atoms with Crippen molar-refractivity contribution in [1.29, 1.82) is 0 Å². The molecule has 3 aliphatic carbocycles. The number of benzene rings is 2. The predicted octanol–water partition coefficient (Wildman–Crippen LogP) is 5.35. The van der Waals surface area contributed by atoms with E-state index in [2.05, 4.69) is 13.5 Å². The number of esters is 1. The van der Waals surface area contributed by atoms with E-state index in [1.165, 1.54) is 7.11 Å². The van der Waals surface area contributed by atoms with E-state index >= 15 is 0 Å². The van der Waals surface area contributed by atoms with Crippen LogP contribution in [0.5, 0.6) is 11.5 Å². The molecular formula is C37H39IO9. The van der Waals surface area contributed by atoms with Crippen LogP contribution in [0.25, 0.3) is 0 Å². The fourth-order valence-corrected chi connectivity index (χ4v) is 9.43. The minimum Gasteiger partial charge on any atom is -0.504 e. The molecule has 2 aliphatic heterocycles. The SMILES string of the molecule is C=C(C)[C@@]12C[C@@H](C)[C@]34O[C@@](Cc5ccccc5)(O[C@H]1[C@@H]3C=C(COC(=O)Cc1cc(I)c(O)c(OC)c1)C[C@@]1(O)C(=O)C(C)=C[C@H]41)O2. The number of methoxy groups -OCH3 is 1. The van der Waals surface area contributed by atoms with Gasteiger partial charge in [0.15, 0.2) is 17.3 Å². The Bertz CT molecular complexity index is 1730. The quantitative estimate of drug-likeness (QED) is 0.209. The van der Waals surface area contributed by atoms with Crippen LogP contribution in [0.15, 0.2) is 77.9 Å². The van der Waals surface area contributed by atoms with Gasteiger partial charge in [-0.2, -0.15) is 0 Å². The first-order valence-electron chi connectivity index (χ1n) is 15.9. The van der Waals surface area contributed by atoms with Gasteiger partial charge in [0.25, 0.3) is 5.97 Å². The zero-order valence-electron chi connectivity index (χ0n) is 26.9. The van der Waals surface area contributed by atoms with Crippen molar-refractivity contribution in [3.8, 4) is 11.5 Å².